The van der Waals surface area contributed by atoms with Crippen LogP contribution in [0.5, 0.6) is 0 Å². The third-order valence-electron chi connectivity index (χ3n) is 4.29. The van der Waals surface area contributed by atoms with Crippen molar-refractivity contribution in [1.29, 1.82) is 5.26 Å². The lowest BCUT2D eigenvalue weighted by atomic mass is 10.1. The van der Waals surface area contributed by atoms with Crippen molar-refractivity contribution in [2.45, 2.75) is 26.8 Å². The number of rotatable bonds is 4. The van der Waals surface area contributed by atoms with Gasteiger partial charge in [0, 0.05) is 17.2 Å². The van der Waals surface area contributed by atoms with Gasteiger partial charge in [-0.1, -0.05) is 29.8 Å². The molecule has 4 nitrogen and oxygen atoms in total. The van der Waals surface area contributed by atoms with Crippen LogP contribution in [-0.4, -0.2) is 10.9 Å². The number of nitrogens with zero attached hydrogens (tertiary/aromatic N) is 2. The van der Waals surface area contributed by atoms with Gasteiger partial charge in [0.25, 0.3) is 5.91 Å². The van der Waals surface area contributed by atoms with Gasteiger partial charge in [0.1, 0.15) is 27.6 Å². The number of carbonyl (C=O) groups excluding carboxylic acids is 1. The summed E-state index contributed by atoms with van der Waals surface area (Å²) in [6.07, 6.45) is 0. The SMILES string of the molecule is Cc1ccc(-c2nc(C)c(C(=O)NC(C#N)c3ccc(F)cc3F)s2)c(C)c1. The molecule has 28 heavy (non-hydrogen) atoms. The van der Waals surface area contributed by atoms with E-state index in [1.165, 1.54) is 11.3 Å². The van der Waals surface area contributed by atoms with Gasteiger partial charge in [-0.15, -0.1) is 11.3 Å². The summed E-state index contributed by atoms with van der Waals surface area (Å²) in [6.45, 7) is 5.68. The lowest BCUT2D eigenvalue weighted by Gasteiger charge is -2.12. The Kier molecular flexibility index (Phi) is 5.52. The topological polar surface area (TPSA) is 65.8 Å². The molecule has 0 bridgehead atoms. The van der Waals surface area contributed by atoms with E-state index >= 15 is 0 Å². The van der Waals surface area contributed by atoms with Crippen LogP contribution in [-0.2, 0) is 0 Å². The van der Waals surface area contributed by atoms with Crippen molar-refractivity contribution in [2.24, 2.45) is 0 Å². The highest BCUT2D eigenvalue weighted by molar-refractivity contribution is 7.17. The van der Waals surface area contributed by atoms with Crippen LogP contribution in [0, 0.1) is 43.7 Å². The Balaban J connectivity index is 1.88. The molecular formula is C21H17F2N3OS. The van der Waals surface area contributed by atoms with Crippen molar-refractivity contribution in [3.05, 3.63) is 75.3 Å². The lowest BCUT2D eigenvalue weighted by Crippen LogP contribution is -2.28. The minimum atomic E-state index is -1.24. The van der Waals surface area contributed by atoms with Gasteiger partial charge >= 0.3 is 0 Å². The maximum absolute atomic E-state index is 14.0. The van der Waals surface area contributed by atoms with Gasteiger partial charge in [-0.3, -0.25) is 4.79 Å². The maximum atomic E-state index is 14.0. The lowest BCUT2D eigenvalue weighted by molar-refractivity contribution is 0.0948. The number of nitrogens with one attached hydrogen (secondary N) is 1. The van der Waals surface area contributed by atoms with Crippen molar-refractivity contribution >= 4 is 17.2 Å². The third-order valence-corrected chi connectivity index (χ3v) is 5.48. The van der Waals surface area contributed by atoms with Gasteiger partial charge in [-0.25, -0.2) is 13.8 Å². The molecule has 0 aliphatic heterocycles. The van der Waals surface area contributed by atoms with E-state index in [9.17, 15) is 18.8 Å². The van der Waals surface area contributed by atoms with E-state index in [0.29, 0.717) is 21.6 Å². The monoisotopic (exact) mass is 397 g/mol. The molecule has 1 aromatic heterocycles. The van der Waals surface area contributed by atoms with Crippen molar-refractivity contribution in [3.8, 4) is 16.6 Å². The van der Waals surface area contributed by atoms with Gasteiger partial charge in [0.2, 0.25) is 0 Å². The molecule has 0 aliphatic carbocycles. The molecule has 2 aromatic carbocycles. The predicted octanol–water partition coefficient (Wildman–Crippen LogP) is 5.01. The second kappa shape index (κ2) is 7.87. The number of halogens is 2. The van der Waals surface area contributed by atoms with E-state index in [0.717, 1.165) is 28.8 Å². The van der Waals surface area contributed by atoms with Gasteiger partial charge < -0.3 is 5.32 Å². The Hall–Kier alpha value is -3.11. The zero-order chi connectivity index (χ0) is 20.4. The number of thiazole rings is 1. The molecule has 1 N–H and O–H groups in total. The van der Waals surface area contributed by atoms with Gasteiger partial charge in [0.05, 0.1) is 11.8 Å². The van der Waals surface area contributed by atoms with E-state index in [2.05, 4.69) is 10.3 Å². The summed E-state index contributed by atoms with van der Waals surface area (Å²) in [6, 6.07) is 9.45. The molecule has 3 rings (SSSR count). The second-order valence-corrected chi connectivity index (χ2v) is 7.45. The van der Waals surface area contributed by atoms with Crippen LogP contribution in [0.4, 0.5) is 8.78 Å². The zero-order valence-electron chi connectivity index (χ0n) is 15.5. The van der Waals surface area contributed by atoms with Crippen LogP contribution in [0.15, 0.2) is 36.4 Å². The summed E-state index contributed by atoms with van der Waals surface area (Å²) in [5.74, 6) is -2.16. The summed E-state index contributed by atoms with van der Waals surface area (Å²) in [4.78, 5) is 17.5. The summed E-state index contributed by atoms with van der Waals surface area (Å²) < 4.78 is 27.1. The Bertz CT molecular complexity index is 1100. The first-order valence-electron chi connectivity index (χ1n) is 8.50. The molecule has 0 saturated heterocycles. The fourth-order valence-corrected chi connectivity index (χ4v) is 3.95. The van der Waals surface area contributed by atoms with Crippen LogP contribution in [0.1, 0.15) is 38.1 Å². The highest BCUT2D eigenvalue weighted by atomic mass is 32.1. The predicted molar refractivity (Wildman–Crippen MR) is 104 cm³/mol. The van der Waals surface area contributed by atoms with Gasteiger partial charge in [-0.2, -0.15) is 5.26 Å². The van der Waals surface area contributed by atoms with Crippen LogP contribution >= 0.6 is 11.3 Å². The van der Waals surface area contributed by atoms with Crippen molar-refractivity contribution in [1.82, 2.24) is 10.3 Å². The standard InChI is InChI=1S/C21H17F2N3OS/c1-11-4-6-15(12(2)8-11)21-25-13(3)19(28-21)20(27)26-18(10-24)16-7-5-14(22)9-17(16)23/h4-9,18H,1-3H3,(H,26,27). The Morgan fingerprint density at radius 1 is 1.18 bits per heavy atom. The summed E-state index contributed by atoms with van der Waals surface area (Å²) in [5, 5.41) is 12.5. The van der Waals surface area contributed by atoms with E-state index in [4.69, 9.17) is 0 Å². The number of aryl methyl sites for hydroxylation is 3. The van der Waals surface area contributed by atoms with Crippen LogP contribution in [0.2, 0.25) is 0 Å². The Labute approximate surface area is 165 Å². The number of benzene rings is 2. The number of nitriles is 1. The van der Waals surface area contributed by atoms with Gasteiger partial charge in [-0.05, 0) is 32.4 Å². The molecule has 0 spiro atoms. The molecule has 1 atom stereocenters. The Morgan fingerprint density at radius 3 is 2.57 bits per heavy atom. The highest BCUT2D eigenvalue weighted by Crippen LogP contribution is 2.31. The van der Waals surface area contributed by atoms with Crippen molar-refractivity contribution in [2.75, 3.05) is 0 Å². The highest BCUT2D eigenvalue weighted by Gasteiger charge is 2.23. The molecule has 0 aliphatic rings. The minimum Gasteiger partial charge on any atom is -0.332 e. The van der Waals surface area contributed by atoms with Crippen LogP contribution in [0.25, 0.3) is 10.6 Å². The largest absolute Gasteiger partial charge is 0.332 e. The van der Waals surface area contributed by atoms with E-state index in [1.807, 2.05) is 38.1 Å². The van der Waals surface area contributed by atoms with E-state index in [1.54, 1.807) is 6.92 Å². The molecule has 7 heteroatoms. The molecular weight excluding hydrogens is 380 g/mol. The average Bonchev–Trinajstić information content (AvgIpc) is 3.01. The normalized spacial score (nSPS) is 11.7. The smallest absolute Gasteiger partial charge is 0.264 e. The minimum absolute atomic E-state index is 0.0889. The summed E-state index contributed by atoms with van der Waals surface area (Å²) in [7, 11) is 0. The van der Waals surface area contributed by atoms with Crippen LogP contribution < -0.4 is 5.32 Å². The van der Waals surface area contributed by atoms with Crippen LogP contribution in [0.3, 0.4) is 0 Å². The molecule has 0 radical (unpaired) electrons. The Morgan fingerprint density at radius 2 is 1.93 bits per heavy atom. The van der Waals surface area contributed by atoms with Crippen molar-refractivity contribution < 1.29 is 13.6 Å². The summed E-state index contributed by atoms with van der Waals surface area (Å²) in [5.41, 5.74) is 3.54. The van der Waals surface area contributed by atoms with Crippen molar-refractivity contribution in [3.63, 3.8) is 0 Å². The molecule has 3 aromatic rings. The first kappa shape index (κ1) is 19.6. The molecule has 0 saturated carbocycles. The number of aromatic nitrogens is 1. The van der Waals surface area contributed by atoms with E-state index < -0.39 is 23.6 Å². The first-order chi connectivity index (χ1) is 13.3. The molecule has 1 amide bonds. The molecule has 0 fully saturated rings. The van der Waals surface area contributed by atoms with E-state index in [-0.39, 0.29) is 5.56 Å². The summed E-state index contributed by atoms with van der Waals surface area (Å²) >= 11 is 1.21. The quantitative estimate of drug-likeness (QED) is 0.673. The zero-order valence-corrected chi connectivity index (χ0v) is 16.3. The third kappa shape index (κ3) is 3.92. The maximum Gasteiger partial charge on any atom is 0.264 e. The fraction of sp³-hybridized carbons (Fsp3) is 0.190. The molecule has 1 unspecified atom stereocenters. The first-order valence-corrected chi connectivity index (χ1v) is 9.32. The second-order valence-electron chi connectivity index (χ2n) is 6.45. The number of hydrogen-bond acceptors (Lipinski definition) is 4. The number of carbonyl (C=O) groups is 1. The van der Waals surface area contributed by atoms with Gasteiger partial charge in [0.15, 0.2) is 0 Å². The number of hydrogen-bond donors (Lipinski definition) is 1. The molecule has 1 heterocycles. The fourth-order valence-electron chi connectivity index (χ4n) is 2.89. The average molecular weight is 397 g/mol. The molecule has 142 valence electrons. The number of amides is 1.